The molecule has 3 N–H and O–H groups in total. The summed E-state index contributed by atoms with van der Waals surface area (Å²) < 4.78 is 0. The molecule has 2 amide bonds. The lowest BCUT2D eigenvalue weighted by molar-refractivity contribution is -0.114. The number of H-pyrrole nitrogens is 1. The van der Waals surface area contributed by atoms with Gasteiger partial charge in [-0.15, -0.1) is 0 Å². The van der Waals surface area contributed by atoms with Crippen molar-refractivity contribution in [2.45, 2.75) is 13.5 Å². The highest BCUT2D eigenvalue weighted by Gasteiger charge is 2.14. The second kappa shape index (κ2) is 8.58. The van der Waals surface area contributed by atoms with E-state index in [2.05, 4.69) is 25.6 Å². The lowest BCUT2D eigenvalue weighted by Crippen LogP contribution is -2.23. The van der Waals surface area contributed by atoms with Crippen LogP contribution in [0.2, 0.25) is 0 Å². The molecule has 2 aromatic carbocycles. The van der Waals surface area contributed by atoms with E-state index in [9.17, 15) is 14.4 Å². The Balaban J connectivity index is 1.64. The van der Waals surface area contributed by atoms with Crippen molar-refractivity contribution in [2.75, 3.05) is 5.32 Å². The number of hydrogen-bond donors (Lipinski definition) is 3. The van der Waals surface area contributed by atoms with Crippen molar-refractivity contribution in [2.24, 2.45) is 0 Å². The molecule has 0 aliphatic heterocycles. The number of nitrogens with one attached hydrogen (secondary N) is 3. The van der Waals surface area contributed by atoms with Crippen LogP contribution in [0.15, 0.2) is 71.7 Å². The first-order valence-electron chi connectivity index (χ1n) is 9.60. The predicted octanol–water partition coefficient (Wildman–Crippen LogP) is 2.87. The molecule has 0 spiro atoms. The van der Waals surface area contributed by atoms with Crippen molar-refractivity contribution in [3.05, 3.63) is 88.5 Å². The van der Waals surface area contributed by atoms with Crippen molar-refractivity contribution in [1.82, 2.24) is 20.3 Å². The van der Waals surface area contributed by atoms with Crippen LogP contribution < -0.4 is 16.2 Å². The summed E-state index contributed by atoms with van der Waals surface area (Å²) in [6, 6.07) is 17.3. The third kappa shape index (κ3) is 4.48. The fourth-order valence-electron chi connectivity index (χ4n) is 3.17. The maximum atomic E-state index is 12.7. The molecule has 0 bridgehead atoms. The molecular formula is C23H19N5O3. The van der Waals surface area contributed by atoms with Crippen LogP contribution in [0.4, 0.5) is 5.69 Å². The zero-order valence-corrected chi connectivity index (χ0v) is 16.7. The van der Waals surface area contributed by atoms with Gasteiger partial charge in [0.25, 0.3) is 11.5 Å². The standard InChI is InChI=1S/C23H19N5O3/c1-14(29)26-18-8-3-2-7-17(18)21-23(31)28-20-12-15(9-10-19(20)27-21)22(30)25-13-16-6-4-5-11-24-16/h2-12H,13H2,1H3,(H,25,30)(H,26,29)(H,28,31). The Hall–Kier alpha value is -4.33. The number of carbonyl (C=O) groups is 2. The minimum atomic E-state index is -0.420. The molecule has 0 radical (unpaired) electrons. The SMILES string of the molecule is CC(=O)Nc1ccccc1-c1nc2ccc(C(=O)NCc3ccccn3)cc2[nH]c1=O. The smallest absolute Gasteiger partial charge is 0.275 e. The van der Waals surface area contributed by atoms with E-state index in [1.807, 2.05) is 12.1 Å². The van der Waals surface area contributed by atoms with E-state index in [1.54, 1.807) is 54.7 Å². The van der Waals surface area contributed by atoms with Gasteiger partial charge < -0.3 is 15.6 Å². The number of nitrogens with zero attached hydrogens (tertiary/aromatic N) is 2. The van der Waals surface area contributed by atoms with Crippen molar-refractivity contribution in [3.63, 3.8) is 0 Å². The van der Waals surface area contributed by atoms with E-state index >= 15 is 0 Å². The van der Waals surface area contributed by atoms with Crippen LogP contribution in [-0.2, 0) is 11.3 Å². The number of aromatic amines is 1. The first-order valence-corrected chi connectivity index (χ1v) is 9.60. The Kier molecular flexibility index (Phi) is 5.53. The first-order chi connectivity index (χ1) is 15.0. The largest absolute Gasteiger partial charge is 0.346 e. The van der Waals surface area contributed by atoms with Crippen molar-refractivity contribution in [1.29, 1.82) is 0 Å². The zero-order chi connectivity index (χ0) is 21.8. The van der Waals surface area contributed by atoms with Crippen LogP contribution in [0, 0.1) is 0 Å². The van der Waals surface area contributed by atoms with Gasteiger partial charge in [-0.3, -0.25) is 19.4 Å². The molecule has 2 aromatic heterocycles. The lowest BCUT2D eigenvalue weighted by Gasteiger charge is -2.10. The molecule has 0 aliphatic carbocycles. The third-order valence-electron chi connectivity index (χ3n) is 4.60. The fourth-order valence-corrected chi connectivity index (χ4v) is 3.17. The van der Waals surface area contributed by atoms with Gasteiger partial charge in [0.15, 0.2) is 0 Å². The monoisotopic (exact) mass is 413 g/mol. The molecule has 31 heavy (non-hydrogen) atoms. The summed E-state index contributed by atoms with van der Waals surface area (Å²) in [5.41, 5.74) is 2.88. The predicted molar refractivity (Wildman–Crippen MR) is 118 cm³/mol. The topological polar surface area (TPSA) is 117 Å². The average molecular weight is 413 g/mol. The first kappa shape index (κ1) is 20.0. The highest BCUT2D eigenvalue weighted by Crippen LogP contribution is 2.25. The van der Waals surface area contributed by atoms with E-state index < -0.39 is 5.56 Å². The molecule has 0 atom stereocenters. The summed E-state index contributed by atoms with van der Waals surface area (Å²) >= 11 is 0. The molecule has 0 fully saturated rings. The van der Waals surface area contributed by atoms with Gasteiger partial charge in [-0.1, -0.05) is 24.3 Å². The fraction of sp³-hybridized carbons (Fsp3) is 0.0870. The van der Waals surface area contributed by atoms with Crippen LogP contribution in [-0.4, -0.2) is 26.8 Å². The number of carbonyl (C=O) groups excluding carboxylic acids is 2. The molecule has 0 saturated carbocycles. The minimum Gasteiger partial charge on any atom is -0.346 e. The second-order valence-electron chi connectivity index (χ2n) is 6.88. The number of rotatable bonds is 5. The number of aromatic nitrogens is 3. The molecule has 0 aliphatic rings. The molecule has 0 saturated heterocycles. The molecule has 4 rings (SSSR count). The number of benzene rings is 2. The van der Waals surface area contributed by atoms with Crippen molar-refractivity contribution >= 4 is 28.5 Å². The molecule has 8 nitrogen and oxygen atoms in total. The van der Waals surface area contributed by atoms with E-state index in [0.717, 1.165) is 5.69 Å². The normalized spacial score (nSPS) is 10.6. The Morgan fingerprint density at radius 3 is 2.61 bits per heavy atom. The summed E-state index contributed by atoms with van der Waals surface area (Å²) in [6.07, 6.45) is 1.66. The molecule has 154 valence electrons. The summed E-state index contributed by atoms with van der Waals surface area (Å²) in [4.78, 5) is 48.1. The minimum absolute atomic E-state index is 0.184. The van der Waals surface area contributed by atoms with Crippen molar-refractivity contribution < 1.29 is 9.59 Å². The number of pyridine rings is 1. The van der Waals surface area contributed by atoms with Crippen LogP contribution in [0.5, 0.6) is 0 Å². The maximum absolute atomic E-state index is 12.7. The number of amides is 2. The van der Waals surface area contributed by atoms with Gasteiger partial charge in [0.1, 0.15) is 5.69 Å². The Bertz CT molecular complexity index is 1330. The summed E-state index contributed by atoms with van der Waals surface area (Å²) in [5.74, 6) is -0.528. The van der Waals surface area contributed by atoms with E-state index in [0.29, 0.717) is 34.4 Å². The quantitative estimate of drug-likeness (QED) is 0.465. The molecule has 2 heterocycles. The van der Waals surface area contributed by atoms with Crippen LogP contribution >= 0.6 is 0 Å². The van der Waals surface area contributed by atoms with Gasteiger partial charge in [-0.2, -0.15) is 0 Å². The highest BCUT2D eigenvalue weighted by atomic mass is 16.2. The van der Waals surface area contributed by atoms with E-state index in [-0.39, 0.29) is 17.5 Å². The Labute approximate surface area is 177 Å². The number of hydrogen-bond acceptors (Lipinski definition) is 5. The Morgan fingerprint density at radius 1 is 1.03 bits per heavy atom. The highest BCUT2D eigenvalue weighted by molar-refractivity contribution is 5.98. The van der Waals surface area contributed by atoms with Gasteiger partial charge in [0.05, 0.1) is 29.0 Å². The Morgan fingerprint density at radius 2 is 1.84 bits per heavy atom. The summed E-state index contributed by atoms with van der Waals surface area (Å²) in [5, 5.41) is 5.51. The van der Waals surface area contributed by atoms with Gasteiger partial charge in [0, 0.05) is 24.2 Å². The van der Waals surface area contributed by atoms with Gasteiger partial charge in [-0.25, -0.2) is 4.98 Å². The number of para-hydroxylation sites is 1. The number of anilines is 1. The summed E-state index contributed by atoms with van der Waals surface area (Å²) in [6.45, 7) is 1.70. The molecular weight excluding hydrogens is 394 g/mol. The number of fused-ring (bicyclic) bond motifs is 1. The van der Waals surface area contributed by atoms with E-state index in [1.165, 1.54) is 6.92 Å². The van der Waals surface area contributed by atoms with Gasteiger partial charge in [-0.05, 0) is 36.4 Å². The zero-order valence-electron chi connectivity index (χ0n) is 16.7. The van der Waals surface area contributed by atoms with Crippen molar-refractivity contribution in [3.8, 4) is 11.3 Å². The van der Waals surface area contributed by atoms with Crippen LogP contribution in [0.25, 0.3) is 22.3 Å². The van der Waals surface area contributed by atoms with Crippen LogP contribution in [0.1, 0.15) is 23.0 Å². The average Bonchev–Trinajstić information content (AvgIpc) is 2.77. The summed E-state index contributed by atoms with van der Waals surface area (Å²) in [7, 11) is 0. The van der Waals surface area contributed by atoms with E-state index in [4.69, 9.17) is 0 Å². The lowest BCUT2D eigenvalue weighted by atomic mass is 10.1. The molecule has 8 heteroatoms. The van der Waals surface area contributed by atoms with Crippen LogP contribution in [0.3, 0.4) is 0 Å². The molecule has 4 aromatic rings. The molecule has 0 unspecified atom stereocenters. The third-order valence-corrected chi connectivity index (χ3v) is 4.60. The van der Waals surface area contributed by atoms with Gasteiger partial charge >= 0.3 is 0 Å². The van der Waals surface area contributed by atoms with Gasteiger partial charge in [0.2, 0.25) is 5.91 Å². The maximum Gasteiger partial charge on any atom is 0.275 e. The second-order valence-corrected chi connectivity index (χ2v) is 6.88.